The molecule has 1 amide bonds. The topological polar surface area (TPSA) is 64.0 Å². The molecule has 4 rings (SSSR count). The number of aryl methyl sites for hydroxylation is 1. The number of halogens is 2. The maximum absolute atomic E-state index is 13.7. The Morgan fingerprint density at radius 3 is 2.80 bits per heavy atom. The van der Waals surface area contributed by atoms with Crippen LogP contribution in [-0.4, -0.2) is 15.5 Å². The normalized spacial score (nSPS) is 15.6. The van der Waals surface area contributed by atoms with Crippen molar-refractivity contribution in [1.82, 2.24) is 9.55 Å². The Balaban J connectivity index is 1.72. The van der Waals surface area contributed by atoms with Gasteiger partial charge in [-0.1, -0.05) is 47.7 Å². The van der Waals surface area contributed by atoms with Crippen molar-refractivity contribution in [3.8, 4) is 0 Å². The summed E-state index contributed by atoms with van der Waals surface area (Å²) in [5, 5.41) is 3.36. The molecule has 0 aliphatic carbocycles. The van der Waals surface area contributed by atoms with Gasteiger partial charge in [0.15, 0.2) is 5.16 Å². The SMILES string of the molecule is Cc1cccc(CSc2nc(=O)c3c(n2C)NC(=O)C[C@H]3c2ccc(F)c(Br)c2)c1. The van der Waals surface area contributed by atoms with Crippen molar-refractivity contribution in [3.63, 3.8) is 0 Å². The first-order valence-corrected chi connectivity index (χ1v) is 11.2. The molecule has 1 atom stereocenters. The Bertz CT molecular complexity index is 1210. The molecule has 0 saturated carbocycles. The highest BCUT2D eigenvalue weighted by Crippen LogP contribution is 2.37. The lowest BCUT2D eigenvalue weighted by Gasteiger charge is -2.27. The number of rotatable bonds is 4. The van der Waals surface area contributed by atoms with E-state index >= 15 is 0 Å². The second-order valence-corrected chi connectivity index (χ2v) is 9.07. The zero-order valence-corrected chi connectivity index (χ0v) is 18.8. The smallest absolute Gasteiger partial charge is 0.279 e. The second kappa shape index (κ2) is 8.35. The second-order valence-electron chi connectivity index (χ2n) is 7.28. The Kier molecular flexibility index (Phi) is 5.79. The molecule has 0 spiro atoms. The van der Waals surface area contributed by atoms with Gasteiger partial charge in [0.05, 0.1) is 10.0 Å². The minimum Gasteiger partial charge on any atom is -0.312 e. The van der Waals surface area contributed by atoms with E-state index in [1.165, 1.54) is 23.4 Å². The van der Waals surface area contributed by atoms with Crippen molar-refractivity contribution in [2.24, 2.45) is 7.05 Å². The fraction of sp³-hybridized carbons (Fsp3) is 0.227. The van der Waals surface area contributed by atoms with Crippen LogP contribution in [0, 0.1) is 12.7 Å². The lowest BCUT2D eigenvalue weighted by atomic mass is 9.87. The Morgan fingerprint density at radius 2 is 2.07 bits per heavy atom. The minimum atomic E-state index is -0.479. The number of aromatic nitrogens is 2. The maximum Gasteiger partial charge on any atom is 0.279 e. The average Bonchev–Trinajstić information content (AvgIpc) is 2.71. The number of carbonyl (C=O) groups is 1. The Morgan fingerprint density at radius 1 is 1.27 bits per heavy atom. The number of hydrogen-bond donors (Lipinski definition) is 1. The Labute approximate surface area is 185 Å². The van der Waals surface area contributed by atoms with Gasteiger partial charge in [0.2, 0.25) is 5.91 Å². The van der Waals surface area contributed by atoms with Crippen molar-refractivity contribution in [2.75, 3.05) is 5.32 Å². The van der Waals surface area contributed by atoms with Crippen molar-refractivity contribution in [2.45, 2.75) is 30.2 Å². The van der Waals surface area contributed by atoms with Gasteiger partial charge in [-0.25, -0.2) is 4.39 Å². The third-order valence-corrected chi connectivity index (χ3v) is 6.81. The maximum atomic E-state index is 13.7. The molecule has 0 bridgehead atoms. The lowest BCUT2D eigenvalue weighted by molar-refractivity contribution is -0.116. The highest BCUT2D eigenvalue weighted by Gasteiger charge is 2.32. The van der Waals surface area contributed by atoms with Gasteiger partial charge in [-0.3, -0.25) is 9.59 Å². The van der Waals surface area contributed by atoms with Crippen molar-refractivity contribution >= 4 is 39.4 Å². The van der Waals surface area contributed by atoms with Crippen LogP contribution in [0.3, 0.4) is 0 Å². The van der Waals surface area contributed by atoms with Crippen LogP contribution in [0.15, 0.2) is 56.9 Å². The molecular weight excluding hydrogens is 469 g/mol. The first-order valence-electron chi connectivity index (χ1n) is 9.37. The van der Waals surface area contributed by atoms with Crippen LogP contribution in [-0.2, 0) is 17.6 Å². The zero-order chi connectivity index (χ0) is 21.4. The highest BCUT2D eigenvalue weighted by atomic mass is 79.9. The molecule has 0 saturated heterocycles. The van der Waals surface area contributed by atoms with Crippen LogP contribution in [0.1, 0.15) is 34.6 Å². The van der Waals surface area contributed by atoms with Crippen molar-refractivity contribution < 1.29 is 9.18 Å². The van der Waals surface area contributed by atoms with Crippen LogP contribution in [0.2, 0.25) is 0 Å². The summed E-state index contributed by atoms with van der Waals surface area (Å²) >= 11 is 4.62. The van der Waals surface area contributed by atoms with E-state index in [0.29, 0.717) is 32.3 Å². The summed E-state index contributed by atoms with van der Waals surface area (Å²) in [5.74, 6) is 0.0382. The summed E-state index contributed by atoms with van der Waals surface area (Å²) in [7, 11) is 1.78. The standard InChI is InChI=1S/C22H19BrFN3O2S/c1-12-4-3-5-13(8-12)11-30-22-26-21(29)19-15(10-18(28)25-20(19)27(22)2)14-6-7-17(24)16(23)9-14/h3-9,15H,10-11H2,1-2H3,(H,25,28)/t15-/m0/s1. The predicted molar refractivity (Wildman–Crippen MR) is 119 cm³/mol. The van der Waals surface area contributed by atoms with E-state index in [4.69, 9.17) is 0 Å². The van der Waals surface area contributed by atoms with Crippen LogP contribution in [0.25, 0.3) is 0 Å². The summed E-state index contributed by atoms with van der Waals surface area (Å²) in [6.45, 7) is 2.03. The largest absolute Gasteiger partial charge is 0.312 e. The van der Waals surface area contributed by atoms with E-state index in [2.05, 4.69) is 32.3 Å². The van der Waals surface area contributed by atoms with Crippen molar-refractivity contribution in [3.05, 3.63) is 85.4 Å². The van der Waals surface area contributed by atoms with Crippen molar-refractivity contribution in [1.29, 1.82) is 0 Å². The monoisotopic (exact) mass is 487 g/mol. The molecule has 30 heavy (non-hydrogen) atoms. The molecule has 2 aromatic carbocycles. The average molecular weight is 488 g/mol. The van der Waals surface area contributed by atoms with Crippen LogP contribution in [0.5, 0.6) is 0 Å². The number of fused-ring (bicyclic) bond motifs is 1. The fourth-order valence-electron chi connectivity index (χ4n) is 3.63. The van der Waals surface area contributed by atoms with E-state index in [1.54, 1.807) is 23.7 Å². The molecule has 8 heteroatoms. The molecule has 1 aliphatic heterocycles. The molecule has 1 aliphatic rings. The summed E-state index contributed by atoms with van der Waals surface area (Å²) < 4.78 is 15.7. The van der Waals surface area contributed by atoms with Crippen LogP contribution >= 0.6 is 27.7 Å². The van der Waals surface area contributed by atoms with Crippen LogP contribution in [0.4, 0.5) is 10.2 Å². The van der Waals surface area contributed by atoms with E-state index in [-0.39, 0.29) is 17.9 Å². The number of nitrogens with zero attached hydrogens (tertiary/aromatic N) is 2. The molecule has 3 aromatic rings. The van der Waals surface area contributed by atoms with E-state index in [9.17, 15) is 14.0 Å². The Hall–Kier alpha value is -2.45. The highest BCUT2D eigenvalue weighted by molar-refractivity contribution is 9.10. The van der Waals surface area contributed by atoms with Gasteiger partial charge in [0.25, 0.3) is 5.56 Å². The lowest BCUT2D eigenvalue weighted by Crippen LogP contribution is -2.33. The fourth-order valence-corrected chi connectivity index (χ4v) is 4.93. The molecule has 1 N–H and O–H groups in total. The molecule has 1 aromatic heterocycles. The van der Waals surface area contributed by atoms with Gasteiger partial charge in [0.1, 0.15) is 11.6 Å². The minimum absolute atomic E-state index is 0.109. The predicted octanol–water partition coefficient (Wildman–Crippen LogP) is 4.76. The number of amides is 1. The van der Waals surface area contributed by atoms with Crippen LogP contribution < -0.4 is 10.9 Å². The summed E-state index contributed by atoms with van der Waals surface area (Å²) in [6, 6.07) is 12.7. The first-order chi connectivity index (χ1) is 14.3. The van der Waals surface area contributed by atoms with E-state index in [0.717, 1.165) is 5.56 Å². The van der Waals surface area contributed by atoms with Gasteiger partial charge >= 0.3 is 0 Å². The zero-order valence-electron chi connectivity index (χ0n) is 16.4. The van der Waals surface area contributed by atoms with Gasteiger partial charge in [-0.2, -0.15) is 4.98 Å². The van der Waals surface area contributed by atoms with E-state index in [1.807, 2.05) is 25.1 Å². The summed E-state index contributed by atoms with van der Waals surface area (Å²) in [4.78, 5) is 29.7. The first kappa shape index (κ1) is 20.8. The van der Waals surface area contributed by atoms with Gasteiger partial charge in [0, 0.05) is 25.1 Å². The molecule has 0 radical (unpaired) electrons. The number of hydrogen-bond acceptors (Lipinski definition) is 4. The molecule has 2 heterocycles. The third-order valence-electron chi connectivity index (χ3n) is 5.10. The third kappa shape index (κ3) is 4.06. The summed E-state index contributed by atoms with van der Waals surface area (Å²) in [6.07, 6.45) is 0.109. The molecule has 154 valence electrons. The number of thioether (sulfide) groups is 1. The number of anilines is 1. The summed E-state index contributed by atoms with van der Waals surface area (Å²) in [5.41, 5.74) is 3.04. The van der Waals surface area contributed by atoms with Gasteiger partial charge in [-0.15, -0.1) is 0 Å². The molecular formula is C22H19BrFN3O2S. The molecule has 0 fully saturated rings. The van der Waals surface area contributed by atoms with Gasteiger partial charge in [-0.05, 0) is 46.1 Å². The number of nitrogens with one attached hydrogen (secondary N) is 1. The molecule has 5 nitrogen and oxygen atoms in total. The van der Waals surface area contributed by atoms with E-state index < -0.39 is 11.7 Å². The molecule has 0 unspecified atom stereocenters. The number of benzene rings is 2. The number of carbonyl (C=O) groups excluding carboxylic acids is 1. The van der Waals surface area contributed by atoms with Gasteiger partial charge < -0.3 is 9.88 Å². The quantitative estimate of drug-likeness (QED) is 0.425.